The molecule has 156 valence electrons. The molecular weight excluding hydrogens is 413 g/mol. The van der Waals surface area contributed by atoms with Crippen LogP contribution in [0.5, 0.6) is 0 Å². The fourth-order valence-electron chi connectivity index (χ4n) is 3.82. The van der Waals surface area contributed by atoms with Gasteiger partial charge >= 0.3 is 15.5 Å². The third kappa shape index (κ3) is 3.19. The molecule has 0 atom stereocenters. The SMILES string of the molecule is O=c1c2cccc3ncc(c(=O)n1CCC1CCN(S(=O)(=O)C(F)(F)F)CC1)n32. The topological polar surface area (TPSA) is 93.8 Å². The van der Waals surface area contributed by atoms with Crippen LogP contribution in [0, 0.1) is 5.92 Å². The van der Waals surface area contributed by atoms with E-state index in [4.69, 9.17) is 0 Å². The summed E-state index contributed by atoms with van der Waals surface area (Å²) in [4.78, 5) is 29.5. The highest BCUT2D eigenvalue weighted by molar-refractivity contribution is 7.90. The van der Waals surface area contributed by atoms with Gasteiger partial charge in [-0.3, -0.25) is 18.6 Å². The first kappa shape index (κ1) is 19.8. The van der Waals surface area contributed by atoms with E-state index >= 15 is 0 Å². The molecule has 0 spiro atoms. The molecule has 0 bridgehead atoms. The standard InChI is InChI=1S/C17H17F3N4O4S/c18-17(19,20)29(27,28)22-7-4-11(5-8-22)6-9-23-15(25)12-2-1-3-14-21-10-13(16(23)26)24(12)14/h1-3,10-11H,4-9H2. The number of pyridine rings is 1. The first-order chi connectivity index (χ1) is 13.6. The second-order valence-electron chi connectivity index (χ2n) is 7.09. The number of sulfonamides is 1. The quantitative estimate of drug-likeness (QED) is 0.624. The molecule has 0 amide bonds. The lowest BCUT2D eigenvalue weighted by Gasteiger charge is -2.31. The molecule has 0 unspecified atom stereocenters. The Morgan fingerprint density at radius 1 is 1.07 bits per heavy atom. The number of rotatable bonds is 4. The van der Waals surface area contributed by atoms with E-state index in [-0.39, 0.29) is 43.9 Å². The Bertz CT molecular complexity index is 1270. The second-order valence-corrected chi connectivity index (χ2v) is 9.02. The van der Waals surface area contributed by atoms with Crippen LogP contribution in [-0.4, -0.2) is 45.3 Å². The molecule has 1 aliphatic rings. The fourth-order valence-corrected chi connectivity index (χ4v) is 4.81. The first-order valence-electron chi connectivity index (χ1n) is 9.00. The van der Waals surface area contributed by atoms with E-state index in [0.717, 1.165) is 4.57 Å². The largest absolute Gasteiger partial charge is 0.511 e. The van der Waals surface area contributed by atoms with E-state index in [1.54, 1.807) is 18.2 Å². The minimum atomic E-state index is -5.32. The van der Waals surface area contributed by atoms with Gasteiger partial charge in [-0.1, -0.05) is 6.07 Å². The molecule has 1 fully saturated rings. The summed E-state index contributed by atoms with van der Waals surface area (Å²) in [5, 5.41) is 0. The van der Waals surface area contributed by atoms with E-state index in [0.29, 0.717) is 21.9 Å². The average molecular weight is 430 g/mol. The molecule has 0 aromatic carbocycles. The van der Waals surface area contributed by atoms with Crippen molar-refractivity contribution in [1.82, 2.24) is 18.3 Å². The fraction of sp³-hybridized carbons (Fsp3) is 0.471. The van der Waals surface area contributed by atoms with Gasteiger partial charge in [0.25, 0.3) is 11.1 Å². The average Bonchev–Trinajstić information content (AvgIpc) is 3.11. The van der Waals surface area contributed by atoms with E-state index in [9.17, 15) is 31.2 Å². The number of halogens is 3. The van der Waals surface area contributed by atoms with Crippen molar-refractivity contribution in [3.8, 4) is 0 Å². The number of nitrogens with zero attached hydrogens (tertiary/aromatic N) is 4. The van der Waals surface area contributed by atoms with Gasteiger partial charge < -0.3 is 0 Å². The van der Waals surface area contributed by atoms with E-state index in [1.807, 2.05) is 0 Å². The predicted molar refractivity (Wildman–Crippen MR) is 98.3 cm³/mol. The summed E-state index contributed by atoms with van der Waals surface area (Å²) in [5.74, 6) is -0.0853. The van der Waals surface area contributed by atoms with Gasteiger partial charge in [0.2, 0.25) is 0 Å². The van der Waals surface area contributed by atoms with Crippen molar-refractivity contribution in [3.63, 3.8) is 0 Å². The van der Waals surface area contributed by atoms with Gasteiger partial charge in [-0.25, -0.2) is 13.4 Å². The van der Waals surface area contributed by atoms with Crippen LogP contribution < -0.4 is 11.1 Å². The van der Waals surface area contributed by atoms with Crippen molar-refractivity contribution in [2.45, 2.75) is 31.3 Å². The summed E-state index contributed by atoms with van der Waals surface area (Å²) in [7, 11) is -5.32. The Morgan fingerprint density at radius 2 is 1.72 bits per heavy atom. The van der Waals surface area contributed by atoms with E-state index in [2.05, 4.69) is 4.98 Å². The van der Waals surface area contributed by atoms with Crippen molar-refractivity contribution in [1.29, 1.82) is 0 Å². The normalized spacial score (nSPS) is 17.5. The minimum Gasteiger partial charge on any atom is -0.283 e. The minimum absolute atomic E-state index is 0.0853. The zero-order chi connectivity index (χ0) is 21.0. The van der Waals surface area contributed by atoms with Crippen LogP contribution in [0.4, 0.5) is 13.2 Å². The van der Waals surface area contributed by atoms with Gasteiger partial charge in [0, 0.05) is 19.6 Å². The van der Waals surface area contributed by atoms with E-state index in [1.165, 1.54) is 10.6 Å². The van der Waals surface area contributed by atoms with Gasteiger partial charge in [0.1, 0.15) is 16.7 Å². The Balaban J connectivity index is 1.51. The number of piperidine rings is 1. The molecule has 1 saturated heterocycles. The maximum atomic E-state index is 12.7. The molecule has 0 N–H and O–H groups in total. The monoisotopic (exact) mass is 430 g/mol. The van der Waals surface area contributed by atoms with Crippen LogP contribution in [0.25, 0.3) is 16.7 Å². The molecule has 0 aliphatic carbocycles. The molecule has 12 heteroatoms. The van der Waals surface area contributed by atoms with Crippen molar-refractivity contribution >= 4 is 26.7 Å². The van der Waals surface area contributed by atoms with Gasteiger partial charge in [-0.2, -0.15) is 17.5 Å². The van der Waals surface area contributed by atoms with Crippen LogP contribution in [0.15, 0.2) is 34.0 Å². The highest BCUT2D eigenvalue weighted by atomic mass is 32.2. The molecule has 0 saturated carbocycles. The highest BCUT2D eigenvalue weighted by Crippen LogP contribution is 2.31. The number of aromatic nitrogens is 3. The zero-order valence-corrected chi connectivity index (χ0v) is 15.9. The number of hydrogen-bond acceptors (Lipinski definition) is 5. The summed E-state index contributed by atoms with van der Waals surface area (Å²) >= 11 is 0. The third-order valence-electron chi connectivity index (χ3n) is 5.42. The lowest BCUT2D eigenvalue weighted by atomic mass is 9.94. The summed E-state index contributed by atoms with van der Waals surface area (Å²) in [6.07, 6.45) is 2.26. The Kier molecular flexibility index (Phi) is 4.65. The van der Waals surface area contributed by atoms with Crippen LogP contribution in [0.3, 0.4) is 0 Å². The Morgan fingerprint density at radius 3 is 2.38 bits per heavy atom. The molecule has 3 aromatic rings. The molecule has 29 heavy (non-hydrogen) atoms. The van der Waals surface area contributed by atoms with Gasteiger partial charge in [0.15, 0.2) is 0 Å². The molecule has 1 aliphatic heterocycles. The molecule has 4 rings (SSSR count). The highest BCUT2D eigenvalue weighted by Gasteiger charge is 2.50. The molecular formula is C17H17F3N4O4S. The Hall–Kier alpha value is -2.47. The Labute approximate surface area is 162 Å². The van der Waals surface area contributed by atoms with Crippen LogP contribution in [0.1, 0.15) is 19.3 Å². The second kappa shape index (κ2) is 6.80. The van der Waals surface area contributed by atoms with Crippen LogP contribution >= 0.6 is 0 Å². The van der Waals surface area contributed by atoms with Crippen molar-refractivity contribution in [2.24, 2.45) is 5.92 Å². The van der Waals surface area contributed by atoms with Gasteiger partial charge in [-0.15, -0.1) is 0 Å². The lowest BCUT2D eigenvalue weighted by Crippen LogP contribution is -2.45. The summed E-state index contributed by atoms with van der Waals surface area (Å²) in [6.45, 7) is -0.364. The van der Waals surface area contributed by atoms with Crippen molar-refractivity contribution < 1.29 is 21.6 Å². The summed E-state index contributed by atoms with van der Waals surface area (Å²) < 4.78 is 64.0. The maximum Gasteiger partial charge on any atom is 0.511 e. The maximum absolute atomic E-state index is 12.7. The molecule has 8 nitrogen and oxygen atoms in total. The van der Waals surface area contributed by atoms with Crippen LogP contribution in [-0.2, 0) is 16.6 Å². The third-order valence-corrected chi connectivity index (χ3v) is 7.05. The smallest absolute Gasteiger partial charge is 0.283 e. The molecule has 4 heterocycles. The van der Waals surface area contributed by atoms with Crippen molar-refractivity contribution in [3.05, 3.63) is 45.1 Å². The summed E-state index contributed by atoms with van der Waals surface area (Å²) in [5.41, 5.74) is -5.14. The number of alkyl halides is 3. The van der Waals surface area contributed by atoms with Crippen LogP contribution in [0.2, 0.25) is 0 Å². The van der Waals surface area contributed by atoms with Crippen molar-refractivity contribution in [2.75, 3.05) is 13.1 Å². The zero-order valence-electron chi connectivity index (χ0n) is 15.1. The number of hydrogen-bond donors (Lipinski definition) is 0. The predicted octanol–water partition coefficient (Wildman–Crippen LogP) is 1.40. The molecule has 0 radical (unpaired) electrons. The van der Waals surface area contributed by atoms with E-state index < -0.39 is 26.7 Å². The lowest BCUT2D eigenvalue weighted by molar-refractivity contribution is -0.0497. The summed E-state index contributed by atoms with van der Waals surface area (Å²) in [6, 6.07) is 4.95. The van der Waals surface area contributed by atoms with Gasteiger partial charge in [-0.05, 0) is 37.3 Å². The molecule has 3 aromatic heterocycles. The first-order valence-corrected chi connectivity index (χ1v) is 10.4. The number of imidazole rings is 1. The van der Waals surface area contributed by atoms with Gasteiger partial charge in [0.05, 0.1) is 6.20 Å².